The molecule has 2 atom stereocenters. The molecular formula is C13H17F3N4O. The fraction of sp³-hybridized carbons (Fsp3) is 0.769. The van der Waals surface area contributed by atoms with E-state index in [9.17, 15) is 18.0 Å². The number of aryl methyl sites for hydroxylation is 1. The van der Waals surface area contributed by atoms with Gasteiger partial charge in [0.2, 0.25) is 5.82 Å². The second-order valence-corrected chi connectivity index (χ2v) is 6.00. The molecule has 1 saturated heterocycles. The average molecular weight is 302 g/mol. The number of hydrogen-bond acceptors (Lipinski definition) is 3. The van der Waals surface area contributed by atoms with Gasteiger partial charge in [-0.25, -0.2) is 22.8 Å². The van der Waals surface area contributed by atoms with Crippen LogP contribution in [0, 0.1) is 0 Å². The van der Waals surface area contributed by atoms with E-state index in [1.54, 1.807) is 6.92 Å². The van der Waals surface area contributed by atoms with Crippen LogP contribution in [0.5, 0.6) is 0 Å². The number of hydrogen-bond donors (Lipinski definition) is 0. The van der Waals surface area contributed by atoms with E-state index in [1.165, 1.54) is 11.6 Å². The Morgan fingerprint density at radius 2 is 2.14 bits per heavy atom. The quantitative estimate of drug-likeness (QED) is 0.858. The molecule has 116 valence electrons. The predicted molar refractivity (Wildman–Crippen MR) is 68.0 cm³/mol. The number of nitrogens with zero attached hydrogens (tertiary/aromatic N) is 4. The molecule has 2 aliphatic rings. The van der Waals surface area contributed by atoms with Crippen molar-refractivity contribution in [2.24, 2.45) is 0 Å². The van der Waals surface area contributed by atoms with Crippen molar-refractivity contribution in [1.29, 1.82) is 0 Å². The van der Waals surface area contributed by atoms with Crippen LogP contribution in [0.25, 0.3) is 0 Å². The molecule has 0 radical (unpaired) electrons. The van der Waals surface area contributed by atoms with Gasteiger partial charge in [-0.1, -0.05) is 6.92 Å². The Bertz CT molecular complexity index is 576. The van der Waals surface area contributed by atoms with Crippen LogP contribution in [0.3, 0.4) is 0 Å². The molecule has 1 aromatic heterocycles. The Morgan fingerprint density at radius 3 is 2.71 bits per heavy atom. The average Bonchev–Trinajstić information content (AvgIpc) is 2.94. The summed E-state index contributed by atoms with van der Waals surface area (Å²) < 4.78 is 41.5. The minimum atomic E-state index is -2.82. The smallest absolute Gasteiger partial charge is 0.293 e. The van der Waals surface area contributed by atoms with Gasteiger partial charge in [0.25, 0.3) is 11.8 Å². The van der Waals surface area contributed by atoms with Crippen LogP contribution in [0.15, 0.2) is 0 Å². The minimum Gasteiger partial charge on any atom is -0.324 e. The second kappa shape index (κ2) is 4.45. The first-order chi connectivity index (χ1) is 9.73. The van der Waals surface area contributed by atoms with Crippen LogP contribution in [0.2, 0.25) is 0 Å². The van der Waals surface area contributed by atoms with E-state index in [-0.39, 0.29) is 5.82 Å². The third-order valence-electron chi connectivity index (χ3n) is 4.35. The lowest BCUT2D eigenvalue weighted by atomic mass is 9.94. The molecule has 0 aliphatic carbocycles. The summed E-state index contributed by atoms with van der Waals surface area (Å²) in [5.41, 5.74) is -1.43. The molecule has 2 aliphatic heterocycles. The fourth-order valence-corrected chi connectivity index (χ4v) is 2.84. The highest BCUT2D eigenvalue weighted by molar-refractivity contribution is 5.91. The fourth-order valence-electron chi connectivity index (χ4n) is 2.84. The molecule has 2 unspecified atom stereocenters. The Balaban J connectivity index is 1.79. The van der Waals surface area contributed by atoms with Crippen molar-refractivity contribution in [3.63, 3.8) is 0 Å². The minimum absolute atomic E-state index is 0.114. The molecule has 21 heavy (non-hydrogen) atoms. The summed E-state index contributed by atoms with van der Waals surface area (Å²) in [6.07, 6.45) is 1.46. The van der Waals surface area contributed by atoms with E-state index in [0.717, 1.165) is 4.90 Å². The zero-order valence-corrected chi connectivity index (χ0v) is 11.9. The van der Waals surface area contributed by atoms with Crippen molar-refractivity contribution in [3.8, 4) is 0 Å². The molecule has 1 amide bonds. The van der Waals surface area contributed by atoms with E-state index in [1.807, 2.05) is 0 Å². The summed E-state index contributed by atoms with van der Waals surface area (Å²) in [6, 6.07) is -0.454. The molecule has 5 nitrogen and oxygen atoms in total. The van der Waals surface area contributed by atoms with Crippen molar-refractivity contribution >= 4 is 5.91 Å². The number of carbonyl (C=O) groups is 1. The lowest BCUT2D eigenvalue weighted by Gasteiger charge is -2.37. The number of alkyl halides is 3. The van der Waals surface area contributed by atoms with Gasteiger partial charge in [-0.2, -0.15) is 0 Å². The van der Waals surface area contributed by atoms with E-state index in [0.29, 0.717) is 25.1 Å². The Kier molecular flexibility index (Phi) is 3.04. The Hall–Kier alpha value is -1.60. The first kappa shape index (κ1) is 14.3. The van der Waals surface area contributed by atoms with Gasteiger partial charge in [0.05, 0.1) is 19.1 Å². The maximum Gasteiger partial charge on any atom is 0.293 e. The zero-order valence-electron chi connectivity index (χ0n) is 11.9. The van der Waals surface area contributed by atoms with Crippen molar-refractivity contribution in [2.45, 2.75) is 50.7 Å². The van der Waals surface area contributed by atoms with Gasteiger partial charge in [0, 0.05) is 6.42 Å². The van der Waals surface area contributed by atoms with Gasteiger partial charge in [-0.05, 0) is 19.8 Å². The van der Waals surface area contributed by atoms with E-state index < -0.39 is 36.6 Å². The van der Waals surface area contributed by atoms with Gasteiger partial charge >= 0.3 is 0 Å². The van der Waals surface area contributed by atoms with Crippen molar-refractivity contribution in [1.82, 2.24) is 19.7 Å². The summed E-state index contributed by atoms with van der Waals surface area (Å²) in [6.45, 7) is 2.05. The predicted octanol–water partition coefficient (Wildman–Crippen LogP) is 1.99. The van der Waals surface area contributed by atoms with Gasteiger partial charge in [-0.3, -0.25) is 4.79 Å². The third-order valence-corrected chi connectivity index (χ3v) is 4.35. The number of halogens is 3. The molecular weight excluding hydrogens is 285 g/mol. The molecule has 0 bridgehead atoms. The first-order valence-electron chi connectivity index (χ1n) is 7.05. The second-order valence-electron chi connectivity index (χ2n) is 6.00. The number of amides is 1. The Morgan fingerprint density at radius 1 is 1.48 bits per heavy atom. The number of fused-ring (bicyclic) bond motifs is 1. The van der Waals surface area contributed by atoms with E-state index >= 15 is 0 Å². The summed E-state index contributed by atoms with van der Waals surface area (Å²) in [5, 5.41) is 4.07. The summed E-state index contributed by atoms with van der Waals surface area (Å²) in [4.78, 5) is 17.1. The van der Waals surface area contributed by atoms with E-state index in [4.69, 9.17) is 0 Å². The van der Waals surface area contributed by atoms with Crippen LogP contribution in [-0.4, -0.2) is 50.3 Å². The normalized spacial score (nSPS) is 26.1. The van der Waals surface area contributed by atoms with Gasteiger partial charge in [0.1, 0.15) is 11.5 Å². The standard InChI is InChI=1S/C13H17F3N4O/c1-3-12(2,14)8-4-5-9-17-10(18-20(8)9)11(21)19-6-13(15,16)7-19/h8H,3-7H2,1-2H3. The summed E-state index contributed by atoms with van der Waals surface area (Å²) >= 11 is 0. The van der Waals surface area contributed by atoms with Crippen LogP contribution in [0.4, 0.5) is 13.2 Å². The van der Waals surface area contributed by atoms with Crippen molar-refractivity contribution in [2.75, 3.05) is 13.1 Å². The van der Waals surface area contributed by atoms with Crippen molar-refractivity contribution < 1.29 is 18.0 Å². The summed E-state index contributed by atoms with van der Waals surface area (Å²) in [7, 11) is 0. The van der Waals surface area contributed by atoms with Crippen LogP contribution >= 0.6 is 0 Å². The molecule has 1 fully saturated rings. The monoisotopic (exact) mass is 302 g/mol. The topological polar surface area (TPSA) is 51.0 Å². The number of rotatable bonds is 3. The molecule has 0 N–H and O–H groups in total. The first-order valence-corrected chi connectivity index (χ1v) is 7.05. The SMILES string of the molecule is CCC(C)(F)C1CCc2nc(C(=O)N3CC(F)(F)C3)nn21. The largest absolute Gasteiger partial charge is 0.324 e. The van der Waals surface area contributed by atoms with Crippen LogP contribution in [-0.2, 0) is 6.42 Å². The van der Waals surface area contributed by atoms with Crippen LogP contribution < -0.4 is 0 Å². The maximum absolute atomic E-state index is 14.5. The van der Waals surface area contributed by atoms with Crippen molar-refractivity contribution in [3.05, 3.63) is 11.6 Å². The molecule has 3 heterocycles. The zero-order chi connectivity index (χ0) is 15.4. The maximum atomic E-state index is 14.5. The number of carbonyl (C=O) groups excluding carboxylic acids is 1. The highest BCUT2D eigenvalue weighted by Gasteiger charge is 2.48. The third kappa shape index (κ3) is 2.30. The van der Waals surface area contributed by atoms with Gasteiger partial charge in [0.15, 0.2) is 0 Å². The molecule has 0 spiro atoms. The van der Waals surface area contributed by atoms with E-state index in [2.05, 4.69) is 10.1 Å². The van der Waals surface area contributed by atoms with Gasteiger partial charge < -0.3 is 4.90 Å². The highest BCUT2D eigenvalue weighted by Crippen LogP contribution is 2.38. The van der Waals surface area contributed by atoms with Gasteiger partial charge in [-0.15, -0.1) is 5.10 Å². The number of likely N-dealkylation sites (tertiary alicyclic amines) is 1. The number of aromatic nitrogens is 3. The lowest BCUT2D eigenvalue weighted by Crippen LogP contribution is -2.58. The highest BCUT2D eigenvalue weighted by atomic mass is 19.3. The molecule has 0 saturated carbocycles. The summed E-state index contributed by atoms with van der Waals surface area (Å²) in [5.74, 6) is -3.00. The lowest BCUT2D eigenvalue weighted by molar-refractivity contribution is -0.113. The molecule has 3 rings (SSSR count). The Labute approximate surface area is 120 Å². The van der Waals surface area contributed by atoms with Crippen LogP contribution in [0.1, 0.15) is 49.2 Å². The molecule has 1 aromatic rings. The molecule has 8 heteroatoms. The molecule has 0 aromatic carbocycles.